The minimum Gasteiger partial charge on any atom is -0.390 e. The Kier molecular flexibility index (Phi) is 6.58. The van der Waals surface area contributed by atoms with Gasteiger partial charge in [0.15, 0.2) is 0 Å². The van der Waals surface area contributed by atoms with Crippen LogP contribution in [0.5, 0.6) is 0 Å². The molecule has 1 aliphatic carbocycles. The van der Waals surface area contributed by atoms with Crippen molar-refractivity contribution in [3.05, 3.63) is 63.1 Å². The third-order valence-electron chi connectivity index (χ3n) is 8.02. The van der Waals surface area contributed by atoms with Crippen LogP contribution in [0.15, 0.2) is 30.3 Å². The lowest BCUT2D eigenvalue weighted by Crippen LogP contribution is -2.57. The number of nitrogens with one attached hydrogen (secondary N) is 3. The number of carbonyl (C=O) groups excluding carboxylic acids is 2. The second kappa shape index (κ2) is 9.15. The number of hydrogen-bond acceptors (Lipinski definition) is 4. The second-order valence-corrected chi connectivity index (χ2v) is 13.1. The molecular formula is C28H31Cl2F2N3O3. The molecule has 1 spiro atoms. The van der Waals surface area contributed by atoms with Crippen LogP contribution in [-0.2, 0) is 15.0 Å². The molecule has 1 saturated carbocycles. The van der Waals surface area contributed by atoms with Gasteiger partial charge in [-0.1, -0.05) is 56.1 Å². The van der Waals surface area contributed by atoms with Crippen molar-refractivity contribution in [2.24, 2.45) is 5.41 Å². The van der Waals surface area contributed by atoms with Crippen LogP contribution >= 0.6 is 23.2 Å². The molecule has 0 unspecified atom stereocenters. The van der Waals surface area contributed by atoms with Crippen LogP contribution in [0.4, 0.5) is 14.5 Å². The van der Waals surface area contributed by atoms with Crippen molar-refractivity contribution in [1.29, 1.82) is 0 Å². The molecule has 2 heterocycles. The van der Waals surface area contributed by atoms with Gasteiger partial charge >= 0.3 is 0 Å². The van der Waals surface area contributed by atoms with Crippen molar-refractivity contribution in [3.63, 3.8) is 0 Å². The monoisotopic (exact) mass is 565 g/mol. The lowest BCUT2D eigenvalue weighted by molar-refractivity contribution is -0.127. The van der Waals surface area contributed by atoms with Gasteiger partial charge < -0.3 is 21.1 Å². The predicted molar refractivity (Wildman–Crippen MR) is 142 cm³/mol. The molecule has 4 atom stereocenters. The zero-order valence-corrected chi connectivity index (χ0v) is 23.1. The summed E-state index contributed by atoms with van der Waals surface area (Å²) in [6, 6.07) is 5.08. The number of rotatable bonds is 4. The van der Waals surface area contributed by atoms with E-state index < -0.39 is 52.5 Å². The van der Waals surface area contributed by atoms with Crippen LogP contribution in [0.25, 0.3) is 0 Å². The van der Waals surface area contributed by atoms with Gasteiger partial charge in [-0.25, -0.2) is 8.78 Å². The van der Waals surface area contributed by atoms with Crippen LogP contribution in [0.2, 0.25) is 10.0 Å². The van der Waals surface area contributed by atoms with Crippen molar-refractivity contribution < 1.29 is 23.5 Å². The molecule has 10 heteroatoms. The molecule has 0 bridgehead atoms. The van der Waals surface area contributed by atoms with E-state index in [1.165, 1.54) is 24.3 Å². The first kappa shape index (κ1) is 27.3. The van der Waals surface area contributed by atoms with Gasteiger partial charge in [0.2, 0.25) is 11.8 Å². The lowest BCUT2D eigenvalue weighted by Gasteiger charge is -2.42. The van der Waals surface area contributed by atoms with E-state index in [0.29, 0.717) is 30.5 Å². The third kappa shape index (κ3) is 4.39. The summed E-state index contributed by atoms with van der Waals surface area (Å²) in [5.41, 5.74) is -1.99. The molecule has 2 fully saturated rings. The number of carbonyl (C=O) groups is 2. The average molecular weight is 566 g/mol. The number of fused-ring (bicyclic) bond motifs is 2. The zero-order chi connectivity index (χ0) is 27.8. The largest absolute Gasteiger partial charge is 0.390 e. The Morgan fingerprint density at radius 3 is 2.50 bits per heavy atom. The molecular weight excluding hydrogens is 535 g/mol. The Balaban J connectivity index is 1.71. The van der Waals surface area contributed by atoms with E-state index in [1.807, 2.05) is 20.8 Å². The second-order valence-electron chi connectivity index (χ2n) is 12.3. The maximum absolute atomic E-state index is 15.7. The predicted octanol–water partition coefficient (Wildman–Crippen LogP) is 5.05. The lowest BCUT2D eigenvalue weighted by atomic mass is 9.62. The standard InChI is InChI=1S/C28H31Cl2F2N3O3/c1-26(2,3)12-20-28(15-8-18(31)17(30)9-19(15)34-25(28)37)21(14-6-5-7-16(29)22(14)32)23(35-20)24(36)33-13-10-27(4,38)11-13/h5-9,13,20-21,23,35,38H,10-12H2,1-4H3,(H,33,36)(H,34,37)/t13?,20-,21-,23+,27?,28-/m0/s1. The summed E-state index contributed by atoms with van der Waals surface area (Å²) >= 11 is 12.2. The summed E-state index contributed by atoms with van der Waals surface area (Å²) in [4.78, 5) is 27.9. The third-order valence-corrected chi connectivity index (χ3v) is 8.60. The van der Waals surface area contributed by atoms with Gasteiger partial charge in [0.1, 0.15) is 17.0 Å². The number of anilines is 1. The number of hydrogen-bond donors (Lipinski definition) is 4. The van der Waals surface area contributed by atoms with E-state index in [-0.39, 0.29) is 27.1 Å². The average Bonchev–Trinajstić information content (AvgIpc) is 3.24. The Bertz CT molecular complexity index is 1320. The van der Waals surface area contributed by atoms with Crippen LogP contribution in [0.3, 0.4) is 0 Å². The number of aliphatic hydroxyl groups is 1. The SMILES string of the molecule is CC(C)(C)C[C@@H]1N[C@@H](C(=O)NC2CC(C)(O)C2)[C@H](c2cccc(Cl)c2F)[C@@]12C(=O)Nc1cc(Cl)c(F)cc12. The highest BCUT2D eigenvalue weighted by Crippen LogP contribution is 2.57. The Morgan fingerprint density at radius 1 is 1.18 bits per heavy atom. The minimum absolute atomic E-state index is 0.0838. The Hall–Kier alpha value is -2.26. The summed E-state index contributed by atoms with van der Waals surface area (Å²) in [6.45, 7) is 7.69. The molecule has 2 aromatic rings. The van der Waals surface area contributed by atoms with Crippen LogP contribution in [-0.4, -0.2) is 40.6 Å². The van der Waals surface area contributed by atoms with Gasteiger partial charge in [-0.15, -0.1) is 0 Å². The van der Waals surface area contributed by atoms with E-state index in [1.54, 1.807) is 13.0 Å². The smallest absolute Gasteiger partial charge is 0.238 e. The quantitative estimate of drug-likeness (QED) is 0.417. The fourth-order valence-electron chi connectivity index (χ4n) is 6.56. The van der Waals surface area contributed by atoms with Gasteiger partial charge in [0.25, 0.3) is 0 Å². The molecule has 2 aromatic carbocycles. The summed E-state index contributed by atoms with van der Waals surface area (Å²) in [7, 11) is 0. The van der Waals surface area contributed by atoms with Crippen molar-refractivity contribution in [1.82, 2.24) is 10.6 Å². The summed E-state index contributed by atoms with van der Waals surface area (Å²) in [5, 5.41) is 19.0. The first-order chi connectivity index (χ1) is 17.6. The zero-order valence-electron chi connectivity index (χ0n) is 21.6. The van der Waals surface area contributed by atoms with E-state index in [4.69, 9.17) is 23.2 Å². The van der Waals surface area contributed by atoms with Gasteiger partial charge in [-0.3, -0.25) is 9.59 Å². The van der Waals surface area contributed by atoms with Gasteiger partial charge in [0.05, 0.1) is 21.7 Å². The molecule has 5 rings (SSSR count). The summed E-state index contributed by atoms with van der Waals surface area (Å²) in [5.74, 6) is -3.41. The van der Waals surface area contributed by atoms with E-state index in [0.717, 1.165) is 0 Å². The number of halogens is 4. The molecule has 38 heavy (non-hydrogen) atoms. The molecule has 2 aliphatic heterocycles. The molecule has 2 amide bonds. The number of benzene rings is 2. The first-order valence-electron chi connectivity index (χ1n) is 12.7. The van der Waals surface area contributed by atoms with Crippen molar-refractivity contribution in [3.8, 4) is 0 Å². The highest BCUT2D eigenvalue weighted by molar-refractivity contribution is 6.31. The fourth-order valence-corrected chi connectivity index (χ4v) is 6.90. The van der Waals surface area contributed by atoms with Gasteiger partial charge in [-0.05, 0) is 60.9 Å². The normalized spacial score (nSPS) is 32.2. The van der Waals surface area contributed by atoms with Crippen molar-refractivity contribution in [2.45, 2.75) is 82.0 Å². The van der Waals surface area contributed by atoms with Crippen molar-refractivity contribution in [2.75, 3.05) is 5.32 Å². The maximum atomic E-state index is 15.7. The highest BCUT2D eigenvalue weighted by Gasteiger charge is 2.66. The number of amides is 2. The van der Waals surface area contributed by atoms with Gasteiger partial charge in [-0.2, -0.15) is 0 Å². The molecule has 204 valence electrons. The molecule has 6 nitrogen and oxygen atoms in total. The van der Waals surface area contributed by atoms with E-state index in [2.05, 4.69) is 16.0 Å². The van der Waals surface area contributed by atoms with Crippen LogP contribution < -0.4 is 16.0 Å². The topological polar surface area (TPSA) is 90.5 Å². The molecule has 4 N–H and O–H groups in total. The molecule has 3 aliphatic rings. The summed E-state index contributed by atoms with van der Waals surface area (Å²) in [6.07, 6.45) is 1.18. The van der Waals surface area contributed by atoms with Crippen LogP contribution in [0.1, 0.15) is 64.0 Å². The van der Waals surface area contributed by atoms with E-state index >= 15 is 4.39 Å². The maximum Gasteiger partial charge on any atom is 0.238 e. The fraction of sp³-hybridized carbons (Fsp3) is 0.500. The summed E-state index contributed by atoms with van der Waals surface area (Å²) < 4.78 is 30.7. The molecule has 0 radical (unpaired) electrons. The Labute approximate surface area is 230 Å². The van der Waals surface area contributed by atoms with Gasteiger partial charge in [0, 0.05) is 23.7 Å². The molecule has 1 saturated heterocycles. The highest BCUT2D eigenvalue weighted by atomic mass is 35.5. The van der Waals surface area contributed by atoms with Crippen molar-refractivity contribution >= 4 is 40.7 Å². The molecule has 0 aromatic heterocycles. The minimum atomic E-state index is -1.54. The Morgan fingerprint density at radius 2 is 1.87 bits per heavy atom. The van der Waals surface area contributed by atoms with Crippen LogP contribution in [0, 0.1) is 17.0 Å². The van der Waals surface area contributed by atoms with E-state index in [9.17, 15) is 19.1 Å². The first-order valence-corrected chi connectivity index (χ1v) is 13.4.